The van der Waals surface area contributed by atoms with Gasteiger partial charge in [0.2, 0.25) is 10.0 Å². The zero-order chi connectivity index (χ0) is 12.2. The van der Waals surface area contributed by atoms with Gasteiger partial charge in [0.1, 0.15) is 0 Å². The van der Waals surface area contributed by atoms with Crippen molar-refractivity contribution in [1.82, 2.24) is 4.31 Å². The lowest BCUT2D eigenvalue weighted by Crippen LogP contribution is -2.37. The molecule has 0 unspecified atom stereocenters. The molecule has 1 aromatic rings. The molecule has 0 aliphatic heterocycles. The van der Waals surface area contributed by atoms with Crippen LogP contribution in [0.4, 0.5) is 0 Å². The van der Waals surface area contributed by atoms with Gasteiger partial charge in [-0.1, -0.05) is 18.2 Å². The molecule has 0 aliphatic rings. The smallest absolute Gasteiger partial charge is 0.242 e. The average Bonchev–Trinajstić information content (AvgIpc) is 2.29. The van der Waals surface area contributed by atoms with E-state index in [1.165, 1.54) is 19.2 Å². The van der Waals surface area contributed by atoms with Crippen molar-refractivity contribution in [2.45, 2.75) is 11.0 Å². The van der Waals surface area contributed by atoms with E-state index >= 15 is 0 Å². The van der Waals surface area contributed by atoms with E-state index in [9.17, 15) is 13.5 Å². The molecule has 5 nitrogen and oxygen atoms in total. The second-order valence-corrected chi connectivity index (χ2v) is 5.53. The molecule has 0 heterocycles. The van der Waals surface area contributed by atoms with Gasteiger partial charge in [0.05, 0.1) is 11.0 Å². The fourth-order valence-electron chi connectivity index (χ4n) is 1.24. The summed E-state index contributed by atoms with van der Waals surface area (Å²) in [4.78, 5) is 0.210. The minimum Gasteiger partial charge on any atom is -0.390 e. The molecule has 0 saturated carbocycles. The van der Waals surface area contributed by atoms with Crippen LogP contribution in [-0.2, 0) is 10.0 Å². The van der Waals surface area contributed by atoms with Gasteiger partial charge in [-0.15, -0.1) is 0 Å². The van der Waals surface area contributed by atoms with E-state index in [2.05, 4.69) is 0 Å². The maximum atomic E-state index is 12.0. The van der Waals surface area contributed by atoms with Crippen LogP contribution < -0.4 is 5.73 Å². The summed E-state index contributed by atoms with van der Waals surface area (Å²) in [5.74, 6) is 0. The highest BCUT2D eigenvalue weighted by Gasteiger charge is 2.21. The van der Waals surface area contributed by atoms with Crippen molar-refractivity contribution in [2.75, 3.05) is 20.1 Å². The predicted octanol–water partition coefficient (Wildman–Crippen LogP) is -0.373. The molecule has 0 radical (unpaired) electrons. The van der Waals surface area contributed by atoms with Crippen molar-refractivity contribution in [1.29, 1.82) is 0 Å². The number of nitrogens with two attached hydrogens (primary N) is 1. The van der Waals surface area contributed by atoms with Gasteiger partial charge in [0.25, 0.3) is 0 Å². The largest absolute Gasteiger partial charge is 0.390 e. The normalized spacial score (nSPS) is 14.0. The standard InChI is InChI=1S/C10H16N2O3S/c1-12(8-9(13)7-11)16(14,15)10-5-3-2-4-6-10/h2-6,9,13H,7-8,11H2,1H3/t9-/m0/s1. The maximum Gasteiger partial charge on any atom is 0.242 e. The van der Waals surface area contributed by atoms with Gasteiger partial charge in [-0.25, -0.2) is 8.42 Å². The van der Waals surface area contributed by atoms with Gasteiger partial charge in [-0.05, 0) is 12.1 Å². The van der Waals surface area contributed by atoms with Crippen LogP contribution in [0.5, 0.6) is 0 Å². The molecule has 0 saturated heterocycles. The number of likely N-dealkylation sites (N-methyl/N-ethyl adjacent to an activating group) is 1. The molecule has 0 spiro atoms. The molecule has 1 rings (SSSR count). The number of rotatable bonds is 5. The average molecular weight is 244 g/mol. The molecule has 0 aromatic heterocycles. The van der Waals surface area contributed by atoms with Crippen molar-refractivity contribution >= 4 is 10.0 Å². The molecule has 0 fully saturated rings. The third kappa shape index (κ3) is 3.02. The van der Waals surface area contributed by atoms with Crippen LogP contribution in [-0.4, -0.2) is 44.1 Å². The van der Waals surface area contributed by atoms with Crippen molar-refractivity contribution in [3.8, 4) is 0 Å². The van der Waals surface area contributed by atoms with Gasteiger partial charge < -0.3 is 10.8 Å². The van der Waals surface area contributed by atoms with E-state index in [1.807, 2.05) is 0 Å². The third-order valence-corrected chi connectivity index (χ3v) is 4.03. The first kappa shape index (κ1) is 13.1. The van der Waals surface area contributed by atoms with Gasteiger partial charge >= 0.3 is 0 Å². The van der Waals surface area contributed by atoms with Crippen molar-refractivity contribution in [3.63, 3.8) is 0 Å². The van der Waals surface area contributed by atoms with Crippen LogP contribution in [0.25, 0.3) is 0 Å². The van der Waals surface area contributed by atoms with E-state index in [1.54, 1.807) is 18.2 Å². The van der Waals surface area contributed by atoms with Crippen LogP contribution in [0.1, 0.15) is 0 Å². The van der Waals surface area contributed by atoms with Gasteiger partial charge in [-0.2, -0.15) is 4.31 Å². The lowest BCUT2D eigenvalue weighted by atomic mass is 10.4. The van der Waals surface area contributed by atoms with Crippen molar-refractivity contribution in [2.24, 2.45) is 5.73 Å². The number of nitrogens with zero attached hydrogens (tertiary/aromatic N) is 1. The summed E-state index contributed by atoms with van der Waals surface area (Å²) in [5.41, 5.74) is 5.23. The quantitative estimate of drug-likeness (QED) is 0.740. The van der Waals surface area contributed by atoms with Gasteiger partial charge in [0.15, 0.2) is 0 Å². The molecule has 0 aliphatic carbocycles. The molecule has 16 heavy (non-hydrogen) atoms. The third-order valence-electron chi connectivity index (χ3n) is 2.19. The molecule has 0 amide bonds. The maximum absolute atomic E-state index is 12.0. The number of aliphatic hydroxyl groups is 1. The van der Waals surface area contributed by atoms with Crippen molar-refractivity contribution in [3.05, 3.63) is 30.3 Å². The number of hydrogen-bond acceptors (Lipinski definition) is 4. The van der Waals surface area contributed by atoms with Crippen LogP contribution in [0.15, 0.2) is 35.2 Å². The lowest BCUT2D eigenvalue weighted by molar-refractivity contribution is 0.160. The molecule has 6 heteroatoms. The monoisotopic (exact) mass is 244 g/mol. The highest BCUT2D eigenvalue weighted by Crippen LogP contribution is 2.13. The molecular weight excluding hydrogens is 228 g/mol. The van der Waals surface area contributed by atoms with E-state index in [0.29, 0.717) is 0 Å². The summed E-state index contributed by atoms with van der Waals surface area (Å²) < 4.78 is 25.0. The Bertz CT molecular complexity index is 419. The fourth-order valence-corrected chi connectivity index (χ4v) is 2.47. The number of aliphatic hydroxyl groups excluding tert-OH is 1. The van der Waals surface area contributed by atoms with E-state index in [4.69, 9.17) is 5.73 Å². The Labute approximate surface area is 95.5 Å². The SMILES string of the molecule is CN(C[C@@H](O)CN)S(=O)(=O)c1ccccc1. The summed E-state index contributed by atoms with van der Waals surface area (Å²) in [6.45, 7) is 0.0301. The highest BCUT2D eigenvalue weighted by molar-refractivity contribution is 7.89. The summed E-state index contributed by atoms with van der Waals surface area (Å²) in [6.07, 6.45) is -0.844. The predicted molar refractivity (Wildman–Crippen MR) is 61.3 cm³/mol. The number of hydrogen-bond donors (Lipinski definition) is 2. The van der Waals surface area contributed by atoms with E-state index < -0.39 is 16.1 Å². The first-order chi connectivity index (χ1) is 7.48. The van der Waals surface area contributed by atoms with Crippen LogP contribution >= 0.6 is 0 Å². The first-order valence-corrected chi connectivity index (χ1v) is 6.32. The first-order valence-electron chi connectivity index (χ1n) is 4.88. The van der Waals surface area contributed by atoms with E-state index in [0.717, 1.165) is 4.31 Å². The van der Waals surface area contributed by atoms with Gasteiger partial charge in [0, 0.05) is 20.1 Å². The van der Waals surface area contributed by atoms with E-state index in [-0.39, 0.29) is 18.0 Å². The Morgan fingerprint density at radius 3 is 2.44 bits per heavy atom. The summed E-state index contributed by atoms with van der Waals surface area (Å²) in [5, 5.41) is 9.31. The summed E-state index contributed by atoms with van der Waals surface area (Å²) >= 11 is 0. The summed E-state index contributed by atoms with van der Waals surface area (Å²) in [7, 11) is -2.11. The number of sulfonamides is 1. The second-order valence-electron chi connectivity index (χ2n) is 3.49. The molecule has 90 valence electrons. The zero-order valence-electron chi connectivity index (χ0n) is 9.07. The minimum absolute atomic E-state index is 0.00622. The highest BCUT2D eigenvalue weighted by atomic mass is 32.2. The second kappa shape index (κ2) is 5.40. The Kier molecular flexibility index (Phi) is 4.43. The molecule has 3 N–H and O–H groups in total. The molecular formula is C10H16N2O3S. The van der Waals surface area contributed by atoms with Crippen LogP contribution in [0.2, 0.25) is 0 Å². The van der Waals surface area contributed by atoms with Crippen LogP contribution in [0.3, 0.4) is 0 Å². The lowest BCUT2D eigenvalue weighted by Gasteiger charge is -2.19. The Morgan fingerprint density at radius 2 is 1.94 bits per heavy atom. The Hall–Kier alpha value is -0.950. The molecule has 1 aromatic carbocycles. The number of benzene rings is 1. The fraction of sp³-hybridized carbons (Fsp3) is 0.400. The van der Waals surface area contributed by atoms with Crippen molar-refractivity contribution < 1.29 is 13.5 Å². The summed E-state index contributed by atoms with van der Waals surface area (Å²) in [6, 6.07) is 8.08. The minimum atomic E-state index is -3.53. The Balaban J connectivity index is 2.87. The van der Waals surface area contributed by atoms with Gasteiger partial charge in [-0.3, -0.25) is 0 Å². The topological polar surface area (TPSA) is 83.6 Å². The Morgan fingerprint density at radius 1 is 1.38 bits per heavy atom. The van der Waals surface area contributed by atoms with Crippen LogP contribution in [0, 0.1) is 0 Å². The zero-order valence-corrected chi connectivity index (χ0v) is 9.89. The molecule has 1 atom stereocenters. The molecule has 0 bridgehead atoms.